The molecule has 1 aromatic heterocycles. The minimum atomic E-state index is -2.82. The lowest BCUT2D eigenvalue weighted by molar-refractivity contribution is 0.406. The minimum absolute atomic E-state index is 0.169. The quantitative estimate of drug-likeness (QED) is 0.906. The van der Waals surface area contributed by atoms with Gasteiger partial charge >= 0.3 is 0 Å². The summed E-state index contributed by atoms with van der Waals surface area (Å²) in [5.41, 5.74) is 0. The summed E-state index contributed by atoms with van der Waals surface area (Å²) in [5, 5.41) is 3.44. The fourth-order valence-corrected chi connectivity index (χ4v) is 6.01. The molecule has 1 aromatic rings. The largest absolute Gasteiger partial charge is 0.309 e. The van der Waals surface area contributed by atoms with E-state index < -0.39 is 9.84 Å². The second kappa shape index (κ2) is 5.61. The van der Waals surface area contributed by atoms with Crippen molar-refractivity contribution in [2.45, 2.75) is 26.3 Å². The number of nitrogens with one attached hydrogen (secondary N) is 1. The first-order chi connectivity index (χ1) is 8.43. The summed E-state index contributed by atoms with van der Waals surface area (Å²) in [6, 6.07) is 2.29. The van der Waals surface area contributed by atoms with Gasteiger partial charge in [0.15, 0.2) is 9.84 Å². The molecule has 1 aliphatic heterocycles. The Balaban J connectivity index is 2.23. The Bertz CT molecular complexity index is 505. The van der Waals surface area contributed by atoms with E-state index in [9.17, 15) is 8.42 Å². The molecule has 1 fully saturated rings. The summed E-state index contributed by atoms with van der Waals surface area (Å²) in [6.45, 7) is 4.99. The maximum atomic E-state index is 11.6. The van der Waals surface area contributed by atoms with Gasteiger partial charge in [-0.2, -0.15) is 0 Å². The molecule has 0 radical (unpaired) electrons. The Hall–Kier alpha value is 0.0900. The molecule has 0 spiro atoms. The first-order valence-corrected chi connectivity index (χ1v) is 9.55. The fraction of sp³-hybridized carbons (Fsp3) is 0.667. The molecule has 0 aromatic carbocycles. The standard InChI is InChI=1S/C12H18BrNO2S2/c1-3-14-12(9-4-5-18(15,16)7-9)11-6-10(13)8(2)17-11/h6,9,12,14H,3-5,7H2,1-2H3. The van der Waals surface area contributed by atoms with Crippen LogP contribution in [0.15, 0.2) is 10.5 Å². The number of halogens is 1. The highest BCUT2D eigenvalue weighted by Gasteiger charge is 2.34. The number of rotatable bonds is 4. The Morgan fingerprint density at radius 2 is 2.33 bits per heavy atom. The maximum absolute atomic E-state index is 11.6. The summed E-state index contributed by atoms with van der Waals surface area (Å²) in [6.07, 6.45) is 0.772. The third-order valence-electron chi connectivity index (χ3n) is 3.35. The molecule has 1 N–H and O–H groups in total. The summed E-state index contributed by atoms with van der Waals surface area (Å²) in [5.74, 6) is 0.865. The smallest absolute Gasteiger partial charge is 0.150 e. The first-order valence-electron chi connectivity index (χ1n) is 6.12. The van der Waals surface area contributed by atoms with Gasteiger partial charge in [-0.15, -0.1) is 11.3 Å². The number of hydrogen-bond acceptors (Lipinski definition) is 4. The molecule has 18 heavy (non-hydrogen) atoms. The third-order valence-corrected chi connectivity index (χ3v) is 7.36. The van der Waals surface area contributed by atoms with Gasteiger partial charge in [0.2, 0.25) is 0 Å². The second-order valence-corrected chi connectivity index (χ2v) is 9.12. The van der Waals surface area contributed by atoms with Crippen molar-refractivity contribution >= 4 is 37.1 Å². The van der Waals surface area contributed by atoms with E-state index in [0.717, 1.165) is 17.4 Å². The van der Waals surface area contributed by atoms with Gasteiger partial charge in [-0.05, 0) is 47.8 Å². The average Bonchev–Trinajstić information content (AvgIpc) is 2.79. The van der Waals surface area contributed by atoms with Gasteiger partial charge < -0.3 is 5.32 Å². The van der Waals surface area contributed by atoms with E-state index in [-0.39, 0.29) is 12.0 Å². The molecule has 2 unspecified atom stereocenters. The van der Waals surface area contributed by atoms with Crippen LogP contribution in [0.25, 0.3) is 0 Å². The van der Waals surface area contributed by atoms with Crippen molar-refractivity contribution in [2.24, 2.45) is 5.92 Å². The van der Waals surface area contributed by atoms with Crippen LogP contribution in [0.4, 0.5) is 0 Å². The van der Waals surface area contributed by atoms with E-state index in [0.29, 0.717) is 11.5 Å². The highest BCUT2D eigenvalue weighted by atomic mass is 79.9. The second-order valence-electron chi connectivity index (χ2n) is 4.75. The molecular weight excluding hydrogens is 334 g/mol. The molecule has 0 aliphatic carbocycles. The molecule has 3 nitrogen and oxygen atoms in total. The van der Waals surface area contributed by atoms with Crippen LogP contribution in [0.2, 0.25) is 0 Å². The molecule has 102 valence electrons. The van der Waals surface area contributed by atoms with Crippen molar-refractivity contribution in [1.29, 1.82) is 0 Å². The lowest BCUT2D eigenvalue weighted by Crippen LogP contribution is -2.28. The van der Waals surface area contributed by atoms with Crippen molar-refractivity contribution in [2.75, 3.05) is 18.1 Å². The molecule has 1 aliphatic rings. The lowest BCUT2D eigenvalue weighted by Gasteiger charge is -2.22. The van der Waals surface area contributed by atoms with Gasteiger partial charge in [0.25, 0.3) is 0 Å². The van der Waals surface area contributed by atoms with Gasteiger partial charge in [-0.3, -0.25) is 0 Å². The van der Waals surface area contributed by atoms with Crippen molar-refractivity contribution in [3.05, 3.63) is 20.3 Å². The predicted molar refractivity (Wildman–Crippen MR) is 79.9 cm³/mol. The zero-order chi connectivity index (χ0) is 13.3. The lowest BCUT2D eigenvalue weighted by atomic mass is 9.98. The zero-order valence-corrected chi connectivity index (χ0v) is 13.8. The number of thiophene rings is 1. The number of hydrogen-bond donors (Lipinski definition) is 1. The average molecular weight is 352 g/mol. The van der Waals surface area contributed by atoms with E-state index in [4.69, 9.17) is 0 Å². The minimum Gasteiger partial charge on any atom is -0.309 e. The van der Waals surface area contributed by atoms with E-state index in [1.54, 1.807) is 11.3 Å². The zero-order valence-electron chi connectivity index (χ0n) is 10.6. The van der Waals surface area contributed by atoms with Crippen molar-refractivity contribution in [3.8, 4) is 0 Å². The van der Waals surface area contributed by atoms with Gasteiger partial charge in [-0.1, -0.05) is 6.92 Å². The molecule has 2 heterocycles. The van der Waals surface area contributed by atoms with Crippen molar-refractivity contribution < 1.29 is 8.42 Å². The van der Waals surface area contributed by atoms with E-state index in [1.165, 1.54) is 9.75 Å². The SMILES string of the molecule is CCNC(c1cc(Br)c(C)s1)C1CCS(=O)(=O)C1. The Kier molecular flexibility index (Phi) is 4.52. The van der Waals surface area contributed by atoms with E-state index >= 15 is 0 Å². The van der Waals surface area contributed by atoms with Crippen molar-refractivity contribution in [3.63, 3.8) is 0 Å². The fourth-order valence-electron chi connectivity index (χ4n) is 2.44. The molecular formula is C12H18BrNO2S2. The predicted octanol–water partition coefficient (Wildman–Crippen LogP) is 2.90. The molecule has 2 rings (SSSR count). The van der Waals surface area contributed by atoms with Crippen LogP contribution in [0, 0.1) is 12.8 Å². The molecule has 0 amide bonds. The van der Waals surface area contributed by atoms with Crippen LogP contribution in [0.1, 0.15) is 29.1 Å². The molecule has 2 atom stereocenters. The molecule has 6 heteroatoms. The number of sulfone groups is 1. The molecule has 0 saturated carbocycles. The van der Waals surface area contributed by atoms with Gasteiger partial charge in [-0.25, -0.2) is 8.42 Å². The summed E-state index contributed by atoms with van der Waals surface area (Å²) < 4.78 is 24.4. The summed E-state index contributed by atoms with van der Waals surface area (Å²) >= 11 is 5.28. The van der Waals surface area contributed by atoms with Crippen molar-refractivity contribution in [1.82, 2.24) is 5.32 Å². The van der Waals surface area contributed by atoms with E-state index in [1.807, 2.05) is 0 Å². The van der Waals surface area contributed by atoms with Crippen LogP contribution in [0.5, 0.6) is 0 Å². The van der Waals surface area contributed by atoms with Crippen LogP contribution in [-0.4, -0.2) is 26.5 Å². The topological polar surface area (TPSA) is 46.2 Å². The monoisotopic (exact) mass is 351 g/mol. The highest BCUT2D eigenvalue weighted by Crippen LogP contribution is 2.37. The normalized spacial score (nSPS) is 24.3. The Morgan fingerprint density at radius 3 is 2.78 bits per heavy atom. The van der Waals surface area contributed by atoms with Crippen LogP contribution >= 0.6 is 27.3 Å². The highest BCUT2D eigenvalue weighted by molar-refractivity contribution is 9.10. The van der Waals surface area contributed by atoms with Crippen LogP contribution in [0.3, 0.4) is 0 Å². The molecule has 0 bridgehead atoms. The van der Waals surface area contributed by atoms with Gasteiger partial charge in [0, 0.05) is 20.3 Å². The van der Waals surface area contributed by atoms with Crippen LogP contribution in [-0.2, 0) is 9.84 Å². The Morgan fingerprint density at radius 1 is 1.61 bits per heavy atom. The van der Waals surface area contributed by atoms with Crippen LogP contribution < -0.4 is 5.32 Å². The Labute approximate surface area is 121 Å². The van der Waals surface area contributed by atoms with Gasteiger partial charge in [0.05, 0.1) is 11.5 Å². The number of aryl methyl sites for hydroxylation is 1. The maximum Gasteiger partial charge on any atom is 0.150 e. The van der Waals surface area contributed by atoms with E-state index in [2.05, 4.69) is 41.2 Å². The molecule has 1 saturated heterocycles. The van der Waals surface area contributed by atoms with Gasteiger partial charge in [0.1, 0.15) is 0 Å². The third kappa shape index (κ3) is 3.15. The summed E-state index contributed by atoms with van der Waals surface area (Å²) in [4.78, 5) is 2.48. The summed E-state index contributed by atoms with van der Waals surface area (Å²) in [7, 11) is -2.82. The first kappa shape index (κ1) is 14.5.